The minimum absolute atomic E-state index is 0.173. The number of nitrogens with one attached hydrogen (secondary N) is 1. The number of nitriles is 1. The summed E-state index contributed by atoms with van der Waals surface area (Å²) in [5, 5.41) is 12.6. The van der Waals surface area contributed by atoms with Crippen molar-refractivity contribution >= 4 is 17.7 Å². The van der Waals surface area contributed by atoms with Gasteiger partial charge in [0.1, 0.15) is 5.03 Å². The van der Waals surface area contributed by atoms with Crippen LogP contribution in [0.2, 0.25) is 0 Å². The number of aromatic nitrogens is 1. The highest BCUT2D eigenvalue weighted by molar-refractivity contribution is 7.99. The van der Waals surface area contributed by atoms with Crippen LogP contribution in [-0.4, -0.2) is 10.9 Å². The second-order valence-corrected chi connectivity index (χ2v) is 6.76. The SMILES string of the molecule is CC(NC(=O)c1cccnc1Sc1ccccc1)c1ccc(C#N)cc1. The van der Waals surface area contributed by atoms with Crippen LogP contribution >= 0.6 is 11.8 Å². The number of hydrogen-bond acceptors (Lipinski definition) is 4. The van der Waals surface area contributed by atoms with Gasteiger partial charge in [-0.3, -0.25) is 4.79 Å². The Hall–Kier alpha value is -3.10. The summed E-state index contributed by atoms with van der Waals surface area (Å²) in [4.78, 5) is 18.1. The molecule has 26 heavy (non-hydrogen) atoms. The first-order valence-corrected chi connectivity index (χ1v) is 8.98. The zero-order chi connectivity index (χ0) is 18.4. The lowest BCUT2D eigenvalue weighted by Gasteiger charge is -2.15. The first-order chi connectivity index (χ1) is 12.7. The fourth-order valence-corrected chi connectivity index (χ4v) is 3.35. The molecule has 0 radical (unpaired) electrons. The van der Waals surface area contributed by atoms with Gasteiger partial charge in [0.15, 0.2) is 0 Å². The molecule has 0 saturated heterocycles. The highest BCUT2D eigenvalue weighted by Crippen LogP contribution is 2.28. The van der Waals surface area contributed by atoms with Crippen LogP contribution in [0.15, 0.2) is 82.8 Å². The molecule has 0 aliphatic carbocycles. The van der Waals surface area contributed by atoms with Crippen LogP contribution in [0.4, 0.5) is 0 Å². The molecule has 1 N–H and O–H groups in total. The van der Waals surface area contributed by atoms with Gasteiger partial charge in [0, 0.05) is 11.1 Å². The number of benzene rings is 2. The van der Waals surface area contributed by atoms with Gasteiger partial charge in [-0.2, -0.15) is 5.26 Å². The van der Waals surface area contributed by atoms with E-state index in [1.807, 2.05) is 49.4 Å². The monoisotopic (exact) mass is 359 g/mol. The molecule has 1 amide bonds. The predicted molar refractivity (Wildman–Crippen MR) is 102 cm³/mol. The first kappa shape index (κ1) is 17.7. The van der Waals surface area contributed by atoms with Gasteiger partial charge in [-0.1, -0.05) is 42.1 Å². The lowest BCUT2D eigenvalue weighted by molar-refractivity contribution is 0.0936. The van der Waals surface area contributed by atoms with Gasteiger partial charge in [0.25, 0.3) is 5.91 Å². The molecular formula is C21H17N3OS. The molecule has 0 aliphatic heterocycles. The number of pyridine rings is 1. The normalized spacial score (nSPS) is 11.4. The van der Waals surface area contributed by atoms with Crippen LogP contribution in [0.1, 0.15) is 34.5 Å². The second-order valence-electron chi connectivity index (χ2n) is 5.70. The summed E-state index contributed by atoms with van der Waals surface area (Å²) in [5.74, 6) is -0.173. The Morgan fingerprint density at radius 2 is 1.81 bits per heavy atom. The van der Waals surface area contributed by atoms with Gasteiger partial charge in [0.05, 0.1) is 23.2 Å². The highest BCUT2D eigenvalue weighted by Gasteiger charge is 2.16. The van der Waals surface area contributed by atoms with Gasteiger partial charge in [-0.25, -0.2) is 4.98 Å². The molecule has 1 heterocycles. The third-order valence-electron chi connectivity index (χ3n) is 3.86. The molecule has 0 spiro atoms. The van der Waals surface area contributed by atoms with Crippen LogP contribution in [0.3, 0.4) is 0 Å². The molecule has 3 aromatic rings. The van der Waals surface area contributed by atoms with E-state index in [2.05, 4.69) is 16.4 Å². The minimum atomic E-state index is -0.176. The molecule has 0 aliphatic rings. The van der Waals surface area contributed by atoms with E-state index in [1.165, 1.54) is 11.8 Å². The van der Waals surface area contributed by atoms with Crippen LogP contribution in [0.25, 0.3) is 0 Å². The molecule has 1 atom stereocenters. The molecule has 5 heteroatoms. The number of carbonyl (C=O) groups excluding carboxylic acids is 1. The quantitative estimate of drug-likeness (QED) is 0.723. The topological polar surface area (TPSA) is 65.8 Å². The van der Waals surface area contributed by atoms with E-state index < -0.39 is 0 Å². The van der Waals surface area contributed by atoms with Gasteiger partial charge in [0.2, 0.25) is 0 Å². The fourth-order valence-electron chi connectivity index (χ4n) is 2.45. The molecule has 1 unspecified atom stereocenters. The van der Waals surface area contributed by atoms with Crippen LogP contribution in [0, 0.1) is 11.3 Å². The van der Waals surface area contributed by atoms with Crippen LogP contribution in [-0.2, 0) is 0 Å². The van der Waals surface area contributed by atoms with Gasteiger partial charge in [-0.05, 0) is 48.9 Å². The van der Waals surface area contributed by atoms with Crippen molar-refractivity contribution in [2.45, 2.75) is 22.9 Å². The highest BCUT2D eigenvalue weighted by atomic mass is 32.2. The van der Waals surface area contributed by atoms with Gasteiger partial charge < -0.3 is 5.32 Å². The number of amides is 1. The maximum absolute atomic E-state index is 12.7. The predicted octanol–water partition coefficient (Wildman–Crippen LogP) is 4.60. The molecule has 0 fully saturated rings. The number of nitrogens with zero attached hydrogens (tertiary/aromatic N) is 2. The molecule has 2 aromatic carbocycles. The molecule has 128 valence electrons. The lowest BCUT2D eigenvalue weighted by atomic mass is 10.1. The summed E-state index contributed by atoms with van der Waals surface area (Å²) in [5.41, 5.74) is 2.08. The Morgan fingerprint density at radius 3 is 2.50 bits per heavy atom. The van der Waals surface area contributed by atoms with Crippen LogP contribution < -0.4 is 5.32 Å². The standard InChI is InChI=1S/C21H17N3OS/c1-15(17-11-9-16(14-22)10-12-17)24-20(25)19-8-5-13-23-21(19)26-18-6-3-2-4-7-18/h2-13,15H,1H3,(H,24,25). The summed E-state index contributed by atoms with van der Waals surface area (Å²) in [6, 6.07) is 22.5. The third-order valence-corrected chi connectivity index (χ3v) is 4.89. The zero-order valence-corrected chi connectivity index (χ0v) is 15.0. The Morgan fingerprint density at radius 1 is 1.08 bits per heavy atom. The van der Waals surface area contributed by atoms with E-state index >= 15 is 0 Å². The third kappa shape index (κ3) is 4.29. The summed E-state index contributed by atoms with van der Waals surface area (Å²) >= 11 is 1.46. The summed E-state index contributed by atoms with van der Waals surface area (Å²) in [6.07, 6.45) is 1.69. The second kappa shape index (κ2) is 8.32. The number of hydrogen-bond donors (Lipinski definition) is 1. The Balaban J connectivity index is 1.76. The largest absolute Gasteiger partial charge is 0.345 e. The Labute approximate surface area is 156 Å². The molecular weight excluding hydrogens is 342 g/mol. The molecule has 0 saturated carbocycles. The van der Waals surface area contributed by atoms with E-state index in [4.69, 9.17) is 5.26 Å². The van der Waals surface area contributed by atoms with Crippen molar-refractivity contribution in [2.24, 2.45) is 0 Å². The van der Waals surface area contributed by atoms with Crippen molar-refractivity contribution in [2.75, 3.05) is 0 Å². The van der Waals surface area contributed by atoms with Crippen molar-refractivity contribution in [3.63, 3.8) is 0 Å². The molecule has 4 nitrogen and oxygen atoms in total. The molecule has 1 aromatic heterocycles. The number of carbonyl (C=O) groups is 1. The fraction of sp³-hybridized carbons (Fsp3) is 0.0952. The molecule has 3 rings (SSSR count). The lowest BCUT2D eigenvalue weighted by Crippen LogP contribution is -2.27. The maximum Gasteiger partial charge on any atom is 0.254 e. The Bertz CT molecular complexity index is 933. The zero-order valence-electron chi connectivity index (χ0n) is 14.2. The van der Waals surface area contributed by atoms with Gasteiger partial charge >= 0.3 is 0 Å². The maximum atomic E-state index is 12.7. The van der Waals surface area contributed by atoms with E-state index in [0.29, 0.717) is 16.2 Å². The first-order valence-electron chi connectivity index (χ1n) is 8.16. The summed E-state index contributed by atoms with van der Waals surface area (Å²) in [7, 11) is 0. The average molecular weight is 359 g/mol. The van der Waals surface area contributed by atoms with Crippen LogP contribution in [0.5, 0.6) is 0 Å². The smallest absolute Gasteiger partial charge is 0.254 e. The van der Waals surface area contributed by atoms with E-state index in [-0.39, 0.29) is 11.9 Å². The van der Waals surface area contributed by atoms with Crippen molar-refractivity contribution in [1.29, 1.82) is 5.26 Å². The van der Waals surface area contributed by atoms with E-state index in [9.17, 15) is 4.79 Å². The minimum Gasteiger partial charge on any atom is -0.345 e. The Kier molecular flexibility index (Phi) is 5.67. The average Bonchev–Trinajstić information content (AvgIpc) is 2.69. The van der Waals surface area contributed by atoms with Gasteiger partial charge in [-0.15, -0.1) is 0 Å². The van der Waals surface area contributed by atoms with E-state index in [1.54, 1.807) is 30.5 Å². The molecule has 0 bridgehead atoms. The van der Waals surface area contributed by atoms with Crippen molar-refractivity contribution in [3.8, 4) is 6.07 Å². The summed E-state index contributed by atoms with van der Waals surface area (Å²) in [6.45, 7) is 1.92. The van der Waals surface area contributed by atoms with Crippen molar-refractivity contribution in [1.82, 2.24) is 10.3 Å². The summed E-state index contributed by atoms with van der Waals surface area (Å²) < 4.78 is 0. The number of rotatable bonds is 5. The van der Waals surface area contributed by atoms with Crippen molar-refractivity contribution in [3.05, 3.63) is 89.6 Å². The van der Waals surface area contributed by atoms with E-state index in [0.717, 1.165) is 10.5 Å². The van der Waals surface area contributed by atoms with Crippen molar-refractivity contribution < 1.29 is 4.79 Å².